The number of nitrogens with one attached hydrogen (secondary N) is 1. The average Bonchev–Trinajstić information content (AvgIpc) is 2.19. The van der Waals surface area contributed by atoms with Gasteiger partial charge in [-0.2, -0.15) is 0 Å². The Morgan fingerprint density at radius 1 is 1.43 bits per heavy atom. The quantitative estimate of drug-likeness (QED) is 0.624. The highest BCUT2D eigenvalue weighted by Crippen LogP contribution is 2.22. The molecule has 75 valence electrons. The second kappa shape index (κ2) is 4.16. The molecule has 2 aliphatic rings. The van der Waals surface area contributed by atoms with Crippen LogP contribution in [0.15, 0.2) is 29.5 Å². The van der Waals surface area contributed by atoms with Crippen LogP contribution in [0.5, 0.6) is 0 Å². The van der Waals surface area contributed by atoms with Gasteiger partial charge < -0.3 is 5.32 Å². The van der Waals surface area contributed by atoms with Crippen molar-refractivity contribution >= 4 is 0 Å². The zero-order chi connectivity index (χ0) is 9.97. The molecule has 1 heterocycles. The van der Waals surface area contributed by atoms with Crippen molar-refractivity contribution in [3.05, 3.63) is 35.5 Å². The molecule has 1 saturated heterocycles. The topological polar surface area (TPSA) is 12.0 Å². The maximum Gasteiger partial charge on any atom is 0.0396 e. The molecule has 0 aromatic heterocycles. The van der Waals surface area contributed by atoms with Crippen molar-refractivity contribution in [2.45, 2.75) is 32.7 Å². The van der Waals surface area contributed by atoms with Crippen LogP contribution in [0, 0.1) is 11.8 Å². The third kappa shape index (κ3) is 2.17. The Hall–Kier alpha value is -0.780. The van der Waals surface area contributed by atoms with Gasteiger partial charge >= 0.3 is 0 Å². The molecule has 0 aromatic rings. The summed E-state index contributed by atoms with van der Waals surface area (Å²) in [5.74, 6) is 2.13. The van der Waals surface area contributed by atoms with E-state index in [9.17, 15) is 0 Å². The third-order valence-corrected chi connectivity index (χ3v) is 3.03. The first kappa shape index (κ1) is 9.76. The van der Waals surface area contributed by atoms with Gasteiger partial charge in [-0.3, -0.25) is 0 Å². The fourth-order valence-corrected chi connectivity index (χ4v) is 2.08. The monoisotopic (exact) mass is 188 g/mol. The lowest BCUT2D eigenvalue weighted by Crippen LogP contribution is -2.38. The number of rotatable bonds is 1. The van der Waals surface area contributed by atoms with Crippen LogP contribution in [0.4, 0.5) is 0 Å². The van der Waals surface area contributed by atoms with E-state index in [2.05, 4.69) is 43.1 Å². The number of allylic oxidation sites excluding steroid dienone is 1. The molecule has 1 radical (unpaired) electrons. The number of hydrogen-bond acceptors (Lipinski definition) is 1. The van der Waals surface area contributed by atoms with Crippen LogP contribution in [0.1, 0.15) is 26.7 Å². The Morgan fingerprint density at radius 2 is 2.29 bits per heavy atom. The van der Waals surface area contributed by atoms with E-state index in [1.165, 1.54) is 24.3 Å². The molecule has 0 aromatic carbocycles. The molecule has 1 N–H and O–H groups in total. The van der Waals surface area contributed by atoms with Crippen molar-refractivity contribution in [1.82, 2.24) is 5.32 Å². The maximum atomic E-state index is 3.55. The molecule has 1 aliphatic carbocycles. The molecule has 1 heteroatoms. The van der Waals surface area contributed by atoms with Gasteiger partial charge in [0.25, 0.3) is 0 Å². The molecule has 0 spiro atoms. The Bertz CT molecular complexity index is 294. The first-order chi connectivity index (χ1) is 6.75. The molecule has 0 amide bonds. The number of hydrogen-bond donors (Lipinski definition) is 1. The molecule has 0 bridgehead atoms. The summed E-state index contributed by atoms with van der Waals surface area (Å²) >= 11 is 0. The molecule has 1 aliphatic heterocycles. The molecule has 0 saturated carbocycles. The second-order valence-electron chi connectivity index (χ2n) is 4.46. The summed E-state index contributed by atoms with van der Waals surface area (Å²) in [7, 11) is 0. The predicted molar refractivity (Wildman–Crippen MR) is 59.8 cm³/mol. The lowest BCUT2D eigenvalue weighted by molar-refractivity contribution is 0.350. The standard InChI is InChI=1S/C13H18N/c1-10-3-5-12(6-4-10)13-9-11(2)7-8-14-13/h3-5,11,13-14H,7-9H2,1-2H3. The van der Waals surface area contributed by atoms with E-state index in [4.69, 9.17) is 0 Å². The fraction of sp³-hybridized carbons (Fsp3) is 0.538. The fourth-order valence-electron chi connectivity index (χ4n) is 2.08. The average molecular weight is 188 g/mol. The molecule has 2 atom stereocenters. The SMILES string of the molecule is C[C]1C=C=C(C2CC(C)CCN2)C=C1. The first-order valence-corrected chi connectivity index (χ1v) is 5.47. The van der Waals surface area contributed by atoms with Gasteiger partial charge in [-0.1, -0.05) is 26.0 Å². The van der Waals surface area contributed by atoms with Gasteiger partial charge in [-0.15, -0.1) is 5.73 Å². The minimum atomic E-state index is 0.527. The van der Waals surface area contributed by atoms with E-state index >= 15 is 0 Å². The summed E-state index contributed by atoms with van der Waals surface area (Å²) in [6.45, 7) is 5.59. The van der Waals surface area contributed by atoms with Crippen molar-refractivity contribution < 1.29 is 0 Å². The van der Waals surface area contributed by atoms with Crippen LogP contribution in [-0.4, -0.2) is 12.6 Å². The smallest absolute Gasteiger partial charge is 0.0396 e. The van der Waals surface area contributed by atoms with Crippen LogP contribution in [0.2, 0.25) is 0 Å². The van der Waals surface area contributed by atoms with Crippen molar-refractivity contribution in [3.63, 3.8) is 0 Å². The molecule has 1 nitrogen and oxygen atoms in total. The van der Waals surface area contributed by atoms with Crippen LogP contribution < -0.4 is 5.32 Å². The maximum absolute atomic E-state index is 3.55. The van der Waals surface area contributed by atoms with E-state index in [0.29, 0.717) is 6.04 Å². The molecule has 2 rings (SSSR count). The van der Waals surface area contributed by atoms with E-state index in [0.717, 1.165) is 12.5 Å². The molecule has 1 fully saturated rings. The van der Waals surface area contributed by atoms with Gasteiger partial charge in [-0.05, 0) is 31.4 Å². The van der Waals surface area contributed by atoms with Gasteiger partial charge in [-0.25, -0.2) is 0 Å². The highest BCUT2D eigenvalue weighted by Gasteiger charge is 2.20. The minimum Gasteiger partial charge on any atom is -0.309 e. The van der Waals surface area contributed by atoms with E-state index in [1.807, 2.05) is 0 Å². The summed E-state index contributed by atoms with van der Waals surface area (Å²) in [5.41, 5.74) is 4.69. The highest BCUT2D eigenvalue weighted by atomic mass is 14.9. The largest absolute Gasteiger partial charge is 0.309 e. The van der Waals surface area contributed by atoms with Crippen molar-refractivity contribution in [2.24, 2.45) is 5.92 Å². The molecular weight excluding hydrogens is 170 g/mol. The highest BCUT2D eigenvalue weighted by molar-refractivity contribution is 5.37. The van der Waals surface area contributed by atoms with Crippen LogP contribution >= 0.6 is 0 Å². The first-order valence-electron chi connectivity index (χ1n) is 5.47. The normalized spacial score (nSPS) is 33.1. The van der Waals surface area contributed by atoms with Crippen molar-refractivity contribution in [3.8, 4) is 0 Å². The summed E-state index contributed by atoms with van der Waals surface area (Å²) in [4.78, 5) is 0. The van der Waals surface area contributed by atoms with Crippen LogP contribution in [0.25, 0.3) is 0 Å². The van der Waals surface area contributed by atoms with Gasteiger partial charge in [0, 0.05) is 17.5 Å². The Kier molecular flexibility index (Phi) is 2.90. The predicted octanol–water partition coefficient (Wildman–Crippen LogP) is 2.62. The van der Waals surface area contributed by atoms with E-state index in [1.54, 1.807) is 0 Å². The Balaban J connectivity index is 2.08. The van der Waals surface area contributed by atoms with Crippen LogP contribution in [0.3, 0.4) is 0 Å². The van der Waals surface area contributed by atoms with Gasteiger partial charge in [0.1, 0.15) is 0 Å². The van der Waals surface area contributed by atoms with E-state index < -0.39 is 0 Å². The Morgan fingerprint density at radius 3 is 2.93 bits per heavy atom. The van der Waals surface area contributed by atoms with Crippen molar-refractivity contribution in [1.29, 1.82) is 0 Å². The Labute approximate surface area is 86.6 Å². The van der Waals surface area contributed by atoms with Gasteiger partial charge in [0.15, 0.2) is 0 Å². The zero-order valence-corrected chi connectivity index (χ0v) is 9.01. The van der Waals surface area contributed by atoms with Gasteiger partial charge in [0.2, 0.25) is 0 Å². The molecule has 14 heavy (non-hydrogen) atoms. The number of piperidine rings is 1. The lowest BCUT2D eigenvalue weighted by atomic mass is 9.88. The summed E-state index contributed by atoms with van der Waals surface area (Å²) in [5, 5.41) is 3.55. The molecular formula is C13H18N. The van der Waals surface area contributed by atoms with Crippen molar-refractivity contribution in [2.75, 3.05) is 6.54 Å². The minimum absolute atomic E-state index is 0.527. The summed E-state index contributed by atoms with van der Waals surface area (Å²) < 4.78 is 0. The summed E-state index contributed by atoms with van der Waals surface area (Å²) in [6.07, 6.45) is 9.01. The van der Waals surface area contributed by atoms with E-state index in [-0.39, 0.29) is 0 Å². The van der Waals surface area contributed by atoms with Gasteiger partial charge in [0.05, 0.1) is 0 Å². The zero-order valence-electron chi connectivity index (χ0n) is 9.01. The van der Waals surface area contributed by atoms with Crippen LogP contribution in [-0.2, 0) is 0 Å². The lowest BCUT2D eigenvalue weighted by Gasteiger charge is -2.28. The summed E-state index contributed by atoms with van der Waals surface area (Å²) in [6, 6.07) is 0.527. The molecule has 2 unspecified atom stereocenters. The second-order valence-corrected chi connectivity index (χ2v) is 4.46. The third-order valence-electron chi connectivity index (χ3n) is 3.03.